The van der Waals surface area contributed by atoms with Crippen molar-refractivity contribution < 1.29 is 14.6 Å². The Morgan fingerprint density at radius 3 is 3.00 bits per heavy atom. The maximum absolute atomic E-state index is 11.2. The van der Waals surface area contributed by atoms with E-state index in [-0.39, 0.29) is 5.56 Å². The molecule has 1 aromatic carbocycles. The van der Waals surface area contributed by atoms with E-state index >= 15 is 0 Å². The van der Waals surface area contributed by atoms with E-state index in [0.717, 1.165) is 25.1 Å². The van der Waals surface area contributed by atoms with Crippen LogP contribution in [0.2, 0.25) is 0 Å². The Labute approximate surface area is 107 Å². The zero-order valence-corrected chi connectivity index (χ0v) is 10.8. The molecule has 0 amide bonds. The molecule has 2 rings (SSSR count). The summed E-state index contributed by atoms with van der Waals surface area (Å²) in [6.45, 7) is 5.69. The Hall–Kier alpha value is -1.71. The van der Waals surface area contributed by atoms with Gasteiger partial charge < -0.3 is 14.7 Å². The molecule has 1 heterocycles. The van der Waals surface area contributed by atoms with Crippen molar-refractivity contribution in [2.45, 2.75) is 32.7 Å². The van der Waals surface area contributed by atoms with Crippen LogP contribution >= 0.6 is 0 Å². The largest absolute Gasteiger partial charge is 0.489 e. The molecule has 98 valence electrons. The van der Waals surface area contributed by atoms with Gasteiger partial charge in [-0.1, -0.05) is 19.4 Å². The molecule has 0 fully saturated rings. The van der Waals surface area contributed by atoms with Crippen LogP contribution in [0.15, 0.2) is 18.2 Å². The van der Waals surface area contributed by atoms with Crippen LogP contribution < -0.4 is 9.64 Å². The van der Waals surface area contributed by atoms with E-state index in [1.807, 2.05) is 6.07 Å². The average molecular weight is 249 g/mol. The second-order valence-electron chi connectivity index (χ2n) is 4.64. The van der Waals surface area contributed by atoms with Gasteiger partial charge in [-0.2, -0.15) is 0 Å². The molecular formula is C14H19NO3. The average Bonchev–Trinajstić information content (AvgIpc) is 2.37. The smallest absolute Gasteiger partial charge is 0.339 e. The third-order valence-corrected chi connectivity index (χ3v) is 3.35. The van der Waals surface area contributed by atoms with Gasteiger partial charge in [0, 0.05) is 6.04 Å². The monoisotopic (exact) mass is 249 g/mol. The number of anilines is 1. The highest BCUT2D eigenvalue weighted by Crippen LogP contribution is 2.36. The van der Waals surface area contributed by atoms with E-state index in [9.17, 15) is 9.90 Å². The highest BCUT2D eigenvalue weighted by molar-refractivity contribution is 5.93. The Balaban J connectivity index is 2.38. The number of fused-ring (bicyclic) bond motifs is 1. The Morgan fingerprint density at radius 2 is 2.33 bits per heavy atom. The van der Waals surface area contributed by atoms with Crippen LogP contribution in [0.5, 0.6) is 5.75 Å². The summed E-state index contributed by atoms with van der Waals surface area (Å²) < 4.78 is 5.55. The molecule has 1 aromatic rings. The molecule has 0 bridgehead atoms. The Morgan fingerprint density at radius 1 is 1.56 bits per heavy atom. The van der Waals surface area contributed by atoms with Crippen LogP contribution in [-0.2, 0) is 0 Å². The molecule has 1 atom stereocenters. The number of hydrogen-bond acceptors (Lipinski definition) is 3. The van der Waals surface area contributed by atoms with Gasteiger partial charge in [0.2, 0.25) is 0 Å². The predicted molar refractivity (Wildman–Crippen MR) is 70.6 cm³/mol. The first kappa shape index (κ1) is 12.7. The zero-order chi connectivity index (χ0) is 13.1. The molecule has 4 heteroatoms. The van der Waals surface area contributed by atoms with Crippen LogP contribution in [0, 0.1) is 0 Å². The number of aromatic carboxylic acids is 1. The van der Waals surface area contributed by atoms with E-state index < -0.39 is 5.97 Å². The highest BCUT2D eigenvalue weighted by Gasteiger charge is 2.25. The number of nitrogens with zero attached hydrogens (tertiary/aromatic N) is 1. The molecule has 0 aromatic heterocycles. The topological polar surface area (TPSA) is 49.8 Å². The van der Waals surface area contributed by atoms with Crippen LogP contribution in [0.3, 0.4) is 0 Å². The number of benzene rings is 1. The number of hydrogen-bond donors (Lipinski definition) is 1. The van der Waals surface area contributed by atoms with Crippen molar-refractivity contribution >= 4 is 11.7 Å². The Kier molecular flexibility index (Phi) is 3.75. The van der Waals surface area contributed by atoms with Crippen molar-refractivity contribution in [1.82, 2.24) is 0 Å². The number of carboxylic acids is 1. The summed E-state index contributed by atoms with van der Waals surface area (Å²) >= 11 is 0. The predicted octanol–water partition coefficient (Wildman–Crippen LogP) is 2.77. The molecular weight excluding hydrogens is 230 g/mol. The summed E-state index contributed by atoms with van der Waals surface area (Å²) in [5.41, 5.74) is 1.16. The fraction of sp³-hybridized carbons (Fsp3) is 0.500. The minimum Gasteiger partial charge on any atom is -0.489 e. The molecule has 1 aliphatic heterocycles. The first-order chi connectivity index (χ1) is 8.65. The molecule has 18 heavy (non-hydrogen) atoms. The van der Waals surface area contributed by atoms with Gasteiger partial charge in [0.1, 0.15) is 12.2 Å². The van der Waals surface area contributed by atoms with Crippen molar-refractivity contribution in [3.05, 3.63) is 23.8 Å². The summed E-state index contributed by atoms with van der Waals surface area (Å²) in [6.07, 6.45) is 2.21. The first-order valence-corrected chi connectivity index (χ1v) is 6.41. The van der Waals surface area contributed by atoms with E-state index in [1.165, 1.54) is 0 Å². The quantitative estimate of drug-likeness (QED) is 0.891. The van der Waals surface area contributed by atoms with E-state index in [2.05, 4.69) is 18.7 Å². The van der Waals surface area contributed by atoms with E-state index in [1.54, 1.807) is 12.1 Å². The number of rotatable bonds is 4. The summed E-state index contributed by atoms with van der Waals surface area (Å²) in [7, 11) is 0. The van der Waals surface area contributed by atoms with Crippen LogP contribution in [-0.4, -0.2) is 30.3 Å². The van der Waals surface area contributed by atoms with Gasteiger partial charge in [0.15, 0.2) is 5.75 Å². The molecule has 0 radical (unpaired) electrons. The van der Waals surface area contributed by atoms with Crippen LogP contribution in [0.4, 0.5) is 5.69 Å². The third kappa shape index (κ3) is 2.28. The lowest BCUT2D eigenvalue weighted by molar-refractivity contribution is 0.0692. The van der Waals surface area contributed by atoms with Crippen LogP contribution in [0.1, 0.15) is 37.0 Å². The molecule has 1 aliphatic rings. The van der Waals surface area contributed by atoms with Crippen molar-refractivity contribution in [1.29, 1.82) is 0 Å². The fourth-order valence-corrected chi connectivity index (χ4v) is 2.47. The number of carboxylic acid groups (broad SMARTS) is 1. The normalized spacial score (nSPS) is 15.8. The lowest BCUT2D eigenvalue weighted by Gasteiger charge is -2.36. The number of ether oxygens (including phenoxy) is 1. The van der Waals surface area contributed by atoms with Gasteiger partial charge in [-0.05, 0) is 25.5 Å². The molecule has 0 spiro atoms. The van der Waals surface area contributed by atoms with Gasteiger partial charge in [-0.3, -0.25) is 0 Å². The van der Waals surface area contributed by atoms with Crippen molar-refractivity contribution in [3.8, 4) is 5.75 Å². The molecule has 1 unspecified atom stereocenters. The first-order valence-electron chi connectivity index (χ1n) is 6.41. The summed E-state index contributed by atoms with van der Waals surface area (Å²) in [4.78, 5) is 13.4. The molecule has 0 saturated carbocycles. The summed E-state index contributed by atoms with van der Waals surface area (Å²) in [5.74, 6) is -0.420. The Bertz CT molecular complexity index is 445. The maximum atomic E-state index is 11.2. The van der Waals surface area contributed by atoms with Gasteiger partial charge >= 0.3 is 5.97 Å². The summed E-state index contributed by atoms with van der Waals surface area (Å²) in [5, 5.41) is 9.17. The minimum absolute atomic E-state index is 0.251. The SMILES string of the molecule is CCCC(C)N1CCOc2c(C(=O)O)cccc21. The van der Waals surface area contributed by atoms with Gasteiger partial charge in [0.25, 0.3) is 0 Å². The highest BCUT2D eigenvalue weighted by atomic mass is 16.5. The zero-order valence-electron chi connectivity index (χ0n) is 10.8. The second-order valence-corrected chi connectivity index (χ2v) is 4.64. The third-order valence-electron chi connectivity index (χ3n) is 3.35. The van der Waals surface area contributed by atoms with E-state index in [4.69, 9.17) is 4.74 Å². The molecule has 0 saturated heterocycles. The number of carbonyl (C=O) groups is 1. The molecule has 1 N–H and O–H groups in total. The fourth-order valence-electron chi connectivity index (χ4n) is 2.47. The standard InChI is InChI=1S/C14H19NO3/c1-3-5-10(2)15-8-9-18-13-11(14(16)17)6-4-7-12(13)15/h4,6-7,10H,3,5,8-9H2,1-2H3,(H,16,17). The van der Waals surface area contributed by atoms with Crippen LogP contribution in [0.25, 0.3) is 0 Å². The van der Waals surface area contributed by atoms with Crippen molar-refractivity contribution in [2.24, 2.45) is 0 Å². The molecule has 4 nitrogen and oxygen atoms in total. The second kappa shape index (κ2) is 5.29. The van der Waals surface area contributed by atoms with Crippen molar-refractivity contribution in [2.75, 3.05) is 18.1 Å². The van der Waals surface area contributed by atoms with Gasteiger partial charge in [0.05, 0.1) is 12.2 Å². The van der Waals surface area contributed by atoms with E-state index in [0.29, 0.717) is 18.4 Å². The lowest BCUT2D eigenvalue weighted by Crippen LogP contribution is -2.39. The number of para-hydroxylation sites is 1. The molecule has 0 aliphatic carbocycles. The van der Waals surface area contributed by atoms with Gasteiger partial charge in [-0.25, -0.2) is 4.79 Å². The summed E-state index contributed by atoms with van der Waals surface area (Å²) in [6, 6.07) is 5.71. The van der Waals surface area contributed by atoms with Crippen molar-refractivity contribution in [3.63, 3.8) is 0 Å². The minimum atomic E-state index is -0.933. The maximum Gasteiger partial charge on any atom is 0.339 e. The van der Waals surface area contributed by atoms with Gasteiger partial charge in [-0.15, -0.1) is 0 Å². The lowest BCUT2D eigenvalue weighted by atomic mass is 10.1.